The van der Waals surface area contributed by atoms with Crippen LogP contribution in [0.3, 0.4) is 0 Å². The van der Waals surface area contributed by atoms with Crippen LogP contribution in [-0.4, -0.2) is 7.85 Å². The van der Waals surface area contributed by atoms with Gasteiger partial charge >= 0.3 is 0 Å². The molecule has 0 N–H and O–H groups in total. The molecule has 1 aromatic carbocycles. The zero-order valence-corrected chi connectivity index (χ0v) is 6.50. The van der Waals surface area contributed by atoms with E-state index in [1.165, 1.54) is 0 Å². The van der Waals surface area contributed by atoms with Crippen LogP contribution in [0.5, 0.6) is 0 Å². The van der Waals surface area contributed by atoms with Crippen molar-refractivity contribution in [1.29, 1.82) is 0 Å². The lowest BCUT2D eigenvalue weighted by molar-refractivity contribution is 0.535. The molecule has 4 heteroatoms. The zero-order valence-electron chi connectivity index (χ0n) is 6.50. The molecule has 0 spiro atoms. The first-order valence-electron chi connectivity index (χ1n) is 3.49. The first kappa shape index (κ1) is 9.17. The Hall–Kier alpha value is -0.925. The summed E-state index contributed by atoms with van der Waals surface area (Å²) in [7, 11) is 5.01. The van der Waals surface area contributed by atoms with Crippen LogP contribution >= 0.6 is 0 Å². The molecule has 0 amide bonds. The number of rotatable bonds is 1. The lowest BCUT2D eigenvalue weighted by Crippen LogP contribution is -2.17. The molecule has 0 aliphatic heterocycles. The summed E-state index contributed by atoms with van der Waals surface area (Å²) in [5, 5.41) is 0. The van der Waals surface area contributed by atoms with Gasteiger partial charge in [0, 0.05) is 11.6 Å². The lowest BCUT2D eigenvalue weighted by atomic mass is 9.91. The Balaban J connectivity index is 3.40. The number of hydrogen-bond acceptors (Lipinski definition) is 0. The normalized spacial score (nSPS) is 10.3. The highest BCUT2D eigenvalue weighted by atomic mass is 19.1. The van der Waals surface area contributed by atoms with Crippen molar-refractivity contribution in [3.8, 4) is 0 Å². The Morgan fingerprint density at radius 1 is 1.25 bits per heavy atom. The van der Waals surface area contributed by atoms with Crippen LogP contribution in [0.15, 0.2) is 6.07 Å². The van der Waals surface area contributed by atoms with Crippen LogP contribution in [0.4, 0.5) is 13.2 Å². The molecule has 62 valence electrons. The van der Waals surface area contributed by atoms with E-state index in [1.807, 2.05) is 0 Å². The number of halogens is 3. The molecule has 0 aliphatic carbocycles. The quantitative estimate of drug-likeness (QED) is 0.559. The summed E-state index contributed by atoms with van der Waals surface area (Å²) < 4.78 is 38.2. The van der Waals surface area contributed by atoms with Gasteiger partial charge in [-0.15, -0.1) is 0 Å². The minimum atomic E-state index is -1.05. The van der Waals surface area contributed by atoms with E-state index in [-0.39, 0.29) is 12.0 Å². The van der Waals surface area contributed by atoms with Crippen molar-refractivity contribution in [3.63, 3.8) is 0 Å². The molecule has 0 atom stereocenters. The first-order valence-corrected chi connectivity index (χ1v) is 3.49. The van der Waals surface area contributed by atoms with Gasteiger partial charge in [-0.1, -0.05) is 6.92 Å². The molecule has 0 saturated carbocycles. The van der Waals surface area contributed by atoms with Gasteiger partial charge in [-0.2, -0.15) is 0 Å². The smallest absolute Gasteiger partial charge is 0.132 e. The van der Waals surface area contributed by atoms with E-state index in [0.29, 0.717) is 6.07 Å². The Bertz CT molecular complexity index is 310. The largest absolute Gasteiger partial charge is 0.207 e. The van der Waals surface area contributed by atoms with Gasteiger partial charge in [0.1, 0.15) is 25.3 Å². The van der Waals surface area contributed by atoms with Gasteiger partial charge in [0.05, 0.1) is 0 Å². The molecule has 1 rings (SSSR count). The highest BCUT2D eigenvalue weighted by molar-refractivity contribution is 6.32. The van der Waals surface area contributed by atoms with Crippen molar-refractivity contribution >= 4 is 13.3 Å². The van der Waals surface area contributed by atoms with Crippen molar-refractivity contribution in [2.24, 2.45) is 0 Å². The van der Waals surface area contributed by atoms with Crippen molar-refractivity contribution in [1.82, 2.24) is 0 Å². The minimum absolute atomic E-state index is 0.155. The molecule has 0 saturated heterocycles. The maximum Gasteiger partial charge on any atom is 0.132 e. The number of hydrogen-bond donors (Lipinski definition) is 0. The second-order valence-electron chi connectivity index (χ2n) is 2.40. The van der Waals surface area contributed by atoms with Gasteiger partial charge in [-0.05, 0) is 11.9 Å². The third-order valence-electron chi connectivity index (χ3n) is 1.65. The van der Waals surface area contributed by atoms with Crippen LogP contribution in [-0.2, 0) is 6.42 Å². The molecule has 0 fully saturated rings. The van der Waals surface area contributed by atoms with Gasteiger partial charge in [0.25, 0.3) is 0 Å². The van der Waals surface area contributed by atoms with E-state index in [2.05, 4.69) is 0 Å². The van der Waals surface area contributed by atoms with Crippen molar-refractivity contribution in [2.45, 2.75) is 13.3 Å². The molecule has 0 bridgehead atoms. The molecule has 2 radical (unpaired) electrons. The summed E-state index contributed by atoms with van der Waals surface area (Å²) in [5.41, 5.74) is -0.790. The molecular weight excluding hydrogens is 164 g/mol. The molecule has 0 aromatic heterocycles. The summed E-state index contributed by atoms with van der Waals surface area (Å²) in [5.74, 6) is -2.93. The summed E-state index contributed by atoms with van der Waals surface area (Å²) in [6.07, 6.45) is 0.155. The summed E-state index contributed by atoms with van der Waals surface area (Å²) in [4.78, 5) is 0. The van der Waals surface area contributed by atoms with Crippen molar-refractivity contribution in [3.05, 3.63) is 29.1 Å². The van der Waals surface area contributed by atoms with E-state index in [4.69, 9.17) is 7.85 Å². The van der Waals surface area contributed by atoms with E-state index in [9.17, 15) is 13.2 Å². The molecule has 0 nitrogen and oxygen atoms in total. The molecule has 1 aromatic rings. The molecule has 12 heavy (non-hydrogen) atoms. The van der Waals surface area contributed by atoms with E-state index in [1.54, 1.807) is 6.92 Å². The average Bonchev–Trinajstić information content (AvgIpc) is 2.01. The maximum atomic E-state index is 12.9. The second-order valence-corrected chi connectivity index (χ2v) is 2.40. The Morgan fingerprint density at radius 2 is 1.83 bits per heavy atom. The van der Waals surface area contributed by atoms with E-state index >= 15 is 0 Å². The topological polar surface area (TPSA) is 0 Å². The molecular formula is C8H6BF3. The fourth-order valence-corrected chi connectivity index (χ4v) is 0.972. The predicted octanol–water partition coefficient (Wildman–Crippen LogP) is 1.46. The van der Waals surface area contributed by atoms with Crippen LogP contribution in [0, 0.1) is 17.5 Å². The van der Waals surface area contributed by atoms with Gasteiger partial charge in [0.2, 0.25) is 0 Å². The van der Waals surface area contributed by atoms with Gasteiger partial charge < -0.3 is 0 Å². The van der Waals surface area contributed by atoms with Crippen LogP contribution in [0.25, 0.3) is 0 Å². The lowest BCUT2D eigenvalue weighted by Gasteiger charge is -2.05. The Morgan fingerprint density at radius 3 is 2.33 bits per heavy atom. The fraction of sp³-hybridized carbons (Fsp3) is 0.250. The average molecular weight is 170 g/mol. The minimum Gasteiger partial charge on any atom is -0.207 e. The van der Waals surface area contributed by atoms with Gasteiger partial charge in [0.15, 0.2) is 0 Å². The predicted molar refractivity (Wildman–Crippen MR) is 41.1 cm³/mol. The molecule has 0 aliphatic rings. The summed E-state index contributed by atoms with van der Waals surface area (Å²) in [6.45, 7) is 1.57. The monoisotopic (exact) mass is 170 g/mol. The third kappa shape index (κ3) is 1.33. The maximum absolute atomic E-state index is 12.9. The van der Waals surface area contributed by atoms with Crippen molar-refractivity contribution in [2.75, 3.05) is 0 Å². The Kier molecular flexibility index (Phi) is 2.45. The van der Waals surface area contributed by atoms with Crippen LogP contribution < -0.4 is 5.46 Å². The van der Waals surface area contributed by atoms with Crippen molar-refractivity contribution < 1.29 is 13.2 Å². The SMILES string of the molecule is [B]c1c(F)cc(F)c(CC)c1F. The van der Waals surface area contributed by atoms with E-state index in [0.717, 1.165) is 0 Å². The van der Waals surface area contributed by atoms with E-state index < -0.39 is 22.9 Å². The van der Waals surface area contributed by atoms with Crippen LogP contribution in [0.2, 0.25) is 0 Å². The highest BCUT2D eigenvalue weighted by Crippen LogP contribution is 2.12. The highest BCUT2D eigenvalue weighted by Gasteiger charge is 2.13. The van der Waals surface area contributed by atoms with Gasteiger partial charge in [-0.3, -0.25) is 0 Å². The summed E-state index contributed by atoms with van der Waals surface area (Å²) in [6, 6.07) is 0.594. The third-order valence-corrected chi connectivity index (χ3v) is 1.65. The Labute approximate surface area is 69.8 Å². The van der Waals surface area contributed by atoms with Gasteiger partial charge in [-0.25, -0.2) is 13.2 Å². The fourth-order valence-electron chi connectivity index (χ4n) is 0.972. The first-order chi connectivity index (χ1) is 5.57. The second kappa shape index (κ2) is 3.21. The summed E-state index contributed by atoms with van der Waals surface area (Å²) >= 11 is 0. The molecule has 0 heterocycles. The standard InChI is InChI=1S/C8H6BF3/c1-2-4-5(10)3-6(11)7(9)8(4)12/h3H,2H2,1H3. The van der Waals surface area contributed by atoms with Crippen LogP contribution in [0.1, 0.15) is 12.5 Å². The zero-order chi connectivity index (χ0) is 9.30. The molecule has 0 unspecified atom stereocenters. The number of benzene rings is 1.